The first kappa shape index (κ1) is 15.0. The Morgan fingerprint density at radius 3 is 2.58 bits per heavy atom. The summed E-state index contributed by atoms with van der Waals surface area (Å²) in [7, 11) is 0. The van der Waals surface area contributed by atoms with Crippen molar-refractivity contribution in [2.45, 2.75) is 37.6 Å². The van der Waals surface area contributed by atoms with Gasteiger partial charge in [0, 0.05) is 12.0 Å². The molecule has 2 aromatic rings. The smallest absolute Gasteiger partial charge is 0.257 e. The molecule has 2 amide bonds. The first-order chi connectivity index (χ1) is 11.5. The van der Waals surface area contributed by atoms with Gasteiger partial charge >= 0.3 is 0 Å². The third kappa shape index (κ3) is 2.60. The summed E-state index contributed by atoms with van der Waals surface area (Å²) in [6.07, 6.45) is 3.65. The van der Waals surface area contributed by atoms with E-state index < -0.39 is 5.54 Å². The van der Waals surface area contributed by atoms with Gasteiger partial charge in [-0.3, -0.25) is 14.9 Å². The quantitative estimate of drug-likeness (QED) is 0.819. The first-order valence-corrected chi connectivity index (χ1v) is 8.10. The minimum atomic E-state index is -0.440. The zero-order valence-electron chi connectivity index (χ0n) is 13.1. The summed E-state index contributed by atoms with van der Waals surface area (Å²) in [6.45, 7) is 0. The predicted molar refractivity (Wildman–Crippen MR) is 84.4 cm³/mol. The van der Waals surface area contributed by atoms with Gasteiger partial charge in [0.2, 0.25) is 11.8 Å². The number of imide groups is 1. The second kappa shape index (κ2) is 5.52. The van der Waals surface area contributed by atoms with Crippen LogP contribution < -0.4 is 11.1 Å². The van der Waals surface area contributed by atoms with E-state index >= 15 is 0 Å². The standard InChI is InChI=1S/C17H18N4O3/c18-17(6-1-7-17)16-20-15(24-21-16)11-4-2-10(3-5-11)8-12-9-13(22)19-14(12)23/h2-5,12H,1,6-9,18H2,(H,19,22,23). The Morgan fingerprint density at radius 1 is 1.25 bits per heavy atom. The second-order valence-corrected chi connectivity index (χ2v) is 6.65. The van der Waals surface area contributed by atoms with Crippen molar-refractivity contribution in [2.75, 3.05) is 0 Å². The van der Waals surface area contributed by atoms with Gasteiger partial charge in [0.25, 0.3) is 5.89 Å². The summed E-state index contributed by atoms with van der Waals surface area (Å²) in [5.74, 6) is 0.330. The second-order valence-electron chi connectivity index (χ2n) is 6.65. The Bertz CT molecular complexity index is 792. The van der Waals surface area contributed by atoms with Gasteiger partial charge in [-0.05, 0) is 43.4 Å². The molecule has 7 nitrogen and oxygen atoms in total. The van der Waals surface area contributed by atoms with Crippen LogP contribution in [0.15, 0.2) is 28.8 Å². The lowest BCUT2D eigenvalue weighted by Crippen LogP contribution is -2.44. The molecule has 1 aliphatic carbocycles. The number of benzene rings is 1. The topological polar surface area (TPSA) is 111 Å². The number of rotatable bonds is 4. The molecule has 2 heterocycles. The highest BCUT2D eigenvalue weighted by Gasteiger charge is 2.39. The monoisotopic (exact) mass is 326 g/mol. The van der Waals surface area contributed by atoms with Crippen LogP contribution >= 0.6 is 0 Å². The number of nitrogens with zero attached hydrogens (tertiary/aromatic N) is 2. The van der Waals surface area contributed by atoms with E-state index in [4.69, 9.17) is 10.3 Å². The van der Waals surface area contributed by atoms with Gasteiger partial charge in [0.1, 0.15) is 0 Å². The molecule has 4 rings (SSSR count). The molecule has 1 saturated heterocycles. The maximum absolute atomic E-state index is 11.6. The number of nitrogens with one attached hydrogen (secondary N) is 1. The normalized spacial score (nSPS) is 22.3. The molecule has 3 N–H and O–H groups in total. The minimum absolute atomic E-state index is 0.195. The van der Waals surface area contributed by atoms with E-state index in [2.05, 4.69) is 15.5 Å². The maximum Gasteiger partial charge on any atom is 0.257 e. The molecule has 124 valence electrons. The number of carbonyl (C=O) groups is 2. The Kier molecular flexibility index (Phi) is 3.45. The van der Waals surface area contributed by atoms with Crippen LogP contribution in [0.3, 0.4) is 0 Å². The summed E-state index contributed by atoms with van der Waals surface area (Å²) in [5.41, 5.74) is 7.57. The van der Waals surface area contributed by atoms with Gasteiger partial charge in [0.05, 0.1) is 11.5 Å². The molecule has 0 spiro atoms. The number of amides is 2. The van der Waals surface area contributed by atoms with E-state index in [1.165, 1.54) is 0 Å². The summed E-state index contributed by atoms with van der Waals surface area (Å²) < 4.78 is 5.33. The minimum Gasteiger partial charge on any atom is -0.334 e. The zero-order valence-corrected chi connectivity index (χ0v) is 13.1. The Labute approximate surface area is 138 Å². The molecule has 1 saturated carbocycles. The number of hydrogen-bond donors (Lipinski definition) is 2. The first-order valence-electron chi connectivity index (χ1n) is 8.10. The SMILES string of the molecule is NC1(c2noc(-c3ccc(CC4CC(=O)NC4=O)cc3)n2)CCC1. The van der Waals surface area contributed by atoms with Gasteiger partial charge < -0.3 is 10.3 Å². The van der Waals surface area contributed by atoms with Gasteiger partial charge in [0.15, 0.2) is 5.82 Å². The fraction of sp³-hybridized carbons (Fsp3) is 0.412. The van der Waals surface area contributed by atoms with Crippen LogP contribution in [0.4, 0.5) is 0 Å². The van der Waals surface area contributed by atoms with Crippen LogP contribution in [0.2, 0.25) is 0 Å². The fourth-order valence-electron chi connectivity index (χ4n) is 3.16. The number of nitrogens with two attached hydrogens (primary N) is 1. The summed E-state index contributed by atoms with van der Waals surface area (Å²) >= 11 is 0. The molecule has 1 aliphatic heterocycles. The molecule has 1 aromatic heterocycles. The van der Waals surface area contributed by atoms with Crippen LogP contribution in [0, 0.1) is 5.92 Å². The third-order valence-corrected chi connectivity index (χ3v) is 4.87. The van der Waals surface area contributed by atoms with Crippen molar-refractivity contribution in [3.8, 4) is 11.5 Å². The average molecular weight is 326 g/mol. The third-order valence-electron chi connectivity index (χ3n) is 4.87. The lowest BCUT2D eigenvalue weighted by molar-refractivity contribution is -0.125. The van der Waals surface area contributed by atoms with Crippen LogP contribution in [0.5, 0.6) is 0 Å². The van der Waals surface area contributed by atoms with Crippen molar-refractivity contribution in [3.63, 3.8) is 0 Å². The van der Waals surface area contributed by atoms with Crippen LogP contribution in [0.25, 0.3) is 11.5 Å². The van der Waals surface area contributed by atoms with E-state index in [0.717, 1.165) is 30.4 Å². The molecular formula is C17H18N4O3. The zero-order chi connectivity index (χ0) is 16.7. The Hall–Kier alpha value is -2.54. The van der Waals surface area contributed by atoms with Crippen molar-refractivity contribution >= 4 is 11.8 Å². The highest BCUT2D eigenvalue weighted by molar-refractivity contribution is 6.03. The van der Waals surface area contributed by atoms with Gasteiger partial charge in [-0.2, -0.15) is 4.98 Å². The van der Waals surface area contributed by atoms with Crippen molar-refractivity contribution < 1.29 is 14.1 Å². The van der Waals surface area contributed by atoms with E-state index in [1.807, 2.05) is 24.3 Å². The van der Waals surface area contributed by atoms with Crippen molar-refractivity contribution in [2.24, 2.45) is 11.7 Å². The fourth-order valence-corrected chi connectivity index (χ4v) is 3.16. The molecule has 1 atom stereocenters. The molecule has 1 aromatic carbocycles. The predicted octanol–water partition coefficient (Wildman–Crippen LogP) is 1.28. The number of hydrogen-bond acceptors (Lipinski definition) is 6. The Morgan fingerprint density at radius 2 is 2.00 bits per heavy atom. The molecule has 0 radical (unpaired) electrons. The lowest BCUT2D eigenvalue weighted by atomic mass is 9.77. The molecule has 2 fully saturated rings. The maximum atomic E-state index is 11.6. The van der Waals surface area contributed by atoms with Crippen LogP contribution in [-0.2, 0) is 21.5 Å². The highest BCUT2D eigenvalue weighted by atomic mass is 16.5. The van der Waals surface area contributed by atoms with Crippen molar-refractivity contribution in [1.29, 1.82) is 0 Å². The average Bonchev–Trinajstić information content (AvgIpc) is 3.13. The van der Waals surface area contributed by atoms with Gasteiger partial charge in [-0.1, -0.05) is 17.3 Å². The van der Waals surface area contributed by atoms with E-state index in [0.29, 0.717) is 18.1 Å². The Balaban J connectivity index is 1.48. The molecule has 7 heteroatoms. The molecule has 2 aliphatic rings. The van der Waals surface area contributed by atoms with Crippen molar-refractivity contribution in [3.05, 3.63) is 35.7 Å². The number of aromatic nitrogens is 2. The molecule has 0 bridgehead atoms. The van der Waals surface area contributed by atoms with E-state index in [-0.39, 0.29) is 24.2 Å². The lowest BCUT2D eigenvalue weighted by Gasteiger charge is -2.34. The van der Waals surface area contributed by atoms with E-state index in [9.17, 15) is 9.59 Å². The molecule has 1 unspecified atom stereocenters. The molecule has 24 heavy (non-hydrogen) atoms. The van der Waals surface area contributed by atoms with Crippen molar-refractivity contribution in [1.82, 2.24) is 15.5 Å². The summed E-state index contributed by atoms with van der Waals surface area (Å²) in [6, 6.07) is 7.59. The summed E-state index contributed by atoms with van der Waals surface area (Å²) in [5, 5.41) is 6.34. The van der Waals surface area contributed by atoms with Gasteiger partial charge in [-0.15, -0.1) is 0 Å². The number of carbonyl (C=O) groups excluding carboxylic acids is 2. The van der Waals surface area contributed by atoms with Crippen LogP contribution in [0.1, 0.15) is 37.1 Å². The highest BCUT2D eigenvalue weighted by Crippen LogP contribution is 2.37. The van der Waals surface area contributed by atoms with Crippen LogP contribution in [-0.4, -0.2) is 22.0 Å². The largest absolute Gasteiger partial charge is 0.334 e. The summed E-state index contributed by atoms with van der Waals surface area (Å²) in [4.78, 5) is 27.3. The van der Waals surface area contributed by atoms with E-state index in [1.54, 1.807) is 0 Å². The molecular weight excluding hydrogens is 308 g/mol. The van der Waals surface area contributed by atoms with Gasteiger partial charge in [-0.25, -0.2) is 0 Å².